The maximum Gasteiger partial charge on any atom is 0.193 e. The van der Waals surface area contributed by atoms with Crippen LogP contribution in [0.4, 0.5) is 0 Å². The Bertz CT molecular complexity index is 1290. The van der Waals surface area contributed by atoms with E-state index in [0.29, 0.717) is 22.3 Å². The monoisotopic (exact) mass is 386 g/mol. The van der Waals surface area contributed by atoms with E-state index >= 15 is 0 Å². The zero-order valence-corrected chi connectivity index (χ0v) is 16.2. The van der Waals surface area contributed by atoms with Crippen molar-refractivity contribution in [3.63, 3.8) is 0 Å². The van der Waals surface area contributed by atoms with Crippen LogP contribution in [0.3, 0.4) is 0 Å². The van der Waals surface area contributed by atoms with Gasteiger partial charge in [0, 0.05) is 22.3 Å². The number of fused-ring (bicyclic) bond motifs is 2. The van der Waals surface area contributed by atoms with E-state index in [1.807, 2.05) is 109 Å². The predicted octanol–water partition coefficient (Wildman–Crippen LogP) is 6.46. The van der Waals surface area contributed by atoms with Crippen molar-refractivity contribution in [3.8, 4) is 0 Å². The first-order valence-electron chi connectivity index (χ1n) is 9.87. The van der Waals surface area contributed by atoms with Crippen molar-refractivity contribution >= 4 is 33.1 Å². The Morgan fingerprint density at radius 2 is 0.833 bits per heavy atom. The number of hydrogen-bond acceptors (Lipinski definition) is 2. The van der Waals surface area contributed by atoms with E-state index in [4.69, 9.17) is 0 Å². The summed E-state index contributed by atoms with van der Waals surface area (Å²) in [6.07, 6.45) is 0. The maximum absolute atomic E-state index is 13.1. The molecule has 0 aliphatic heterocycles. The molecule has 5 aromatic carbocycles. The zero-order valence-electron chi connectivity index (χ0n) is 16.2. The fourth-order valence-corrected chi connectivity index (χ4v) is 3.94. The normalized spacial score (nSPS) is 10.9. The highest BCUT2D eigenvalue weighted by molar-refractivity contribution is 6.21. The molecule has 0 radical (unpaired) electrons. The number of rotatable bonds is 4. The molecule has 0 heterocycles. The number of hydrogen-bond donors (Lipinski definition) is 0. The Hall–Kier alpha value is -4.04. The van der Waals surface area contributed by atoms with Crippen LogP contribution in [0.2, 0.25) is 0 Å². The van der Waals surface area contributed by atoms with Gasteiger partial charge in [0.2, 0.25) is 0 Å². The molecule has 2 heteroatoms. The summed E-state index contributed by atoms with van der Waals surface area (Å²) in [4.78, 5) is 26.2. The lowest BCUT2D eigenvalue weighted by Gasteiger charge is -2.11. The van der Waals surface area contributed by atoms with Gasteiger partial charge in [-0.2, -0.15) is 0 Å². The molecule has 2 nitrogen and oxygen atoms in total. The van der Waals surface area contributed by atoms with E-state index in [0.717, 1.165) is 21.5 Å². The van der Waals surface area contributed by atoms with E-state index < -0.39 is 0 Å². The van der Waals surface area contributed by atoms with Crippen LogP contribution in [0.1, 0.15) is 31.8 Å². The Kier molecular flexibility index (Phi) is 4.45. The largest absolute Gasteiger partial charge is 0.289 e. The van der Waals surface area contributed by atoms with Crippen molar-refractivity contribution in [3.05, 3.63) is 131 Å². The van der Waals surface area contributed by atoms with Crippen LogP contribution in [0, 0.1) is 0 Å². The van der Waals surface area contributed by atoms with Gasteiger partial charge in [-0.1, -0.05) is 97.1 Å². The van der Waals surface area contributed by atoms with Crippen LogP contribution >= 0.6 is 0 Å². The van der Waals surface area contributed by atoms with Crippen molar-refractivity contribution in [2.24, 2.45) is 0 Å². The molecule has 0 bridgehead atoms. The summed E-state index contributed by atoms with van der Waals surface area (Å²) in [7, 11) is 0. The van der Waals surface area contributed by atoms with Gasteiger partial charge in [-0.15, -0.1) is 0 Å². The number of carbonyl (C=O) groups is 2. The average Bonchev–Trinajstić information content (AvgIpc) is 2.82. The summed E-state index contributed by atoms with van der Waals surface area (Å²) in [6.45, 7) is 0. The van der Waals surface area contributed by atoms with Crippen LogP contribution in [0.15, 0.2) is 109 Å². The highest BCUT2D eigenvalue weighted by Gasteiger charge is 2.16. The van der Waals surface area contributed by atoms with E-state index in [1.165, 1.54) is 0 Å². The molecule has 0 saturated heterocycles. The lowest BCUT2D eigenvalue weighted by molar-refractivity contribution is 0.103. The van der Waals surface area contributed by atoms with Gasteiger partial charge in [-0.3, -0.25) is 9.59 Å². The minimum Gasteiger partial charge on any atom is -0.289 e. The molecule has 30 heavy (non-hydrogen) atoms. The van der Waals surface area contributed by atoms with Gasteiger partial charge in [0.05, 0.1) is 0 Å². The molecule has 0 aliphatic rings. The Balaban J connectivity index is 1.70. The van der Waals surface area contributed by atoms with Gasteiger partial charge >= 0.3 is 0 Å². The SMILES string of the molecule is O=C(c1ccccc1)c1cccc2cc3c(C(=O)c4ccccc4)cccc3cc12. The molecule has 0 aromatic heterocycles. The molecule has 5 aromatic rings. The summed E-state index contributed by atoms with van der Waals surface area (Å²) >= 11 is 0. The molecule has 0 spiro atoms. The van der Waals surface area contributed by atoms with Gasteiger partial charge in [-0.25, -0.2) is 0 Å². The standard InChI is InChI=1S/C28H18O2/c29-27(19-9-3-1-4-10-19)23-15-7-13-21-18-26-22(17-25(21)23)14-8-16-24(26)28(30)20-11-5-2-6-12-20/h1-18H. The third-order valence-electron chi connectivity index (χ3n) is 5.44. The van der Waals surface area contributed by atoms with Crippen molar-refractivity contribution in [1.29, 1.82) is 0 Å². The highest BCUT2D eigenvalue weighted by atomic mass is 16.1. The summed E-state index contributed by atoms with van der Waals surface area (Å²) in [5.74, 6) is -0.00543. The minimum absolute atomic E-state index is 0.00272. The molecule has 0 atom stereocenters. The molecule has 5 rings (SSSR count). The van der Waals surface area contributed by atoms with Crippen molar-refractivity contribution in [1.82, 2.24) is 0 Å². The first-order valence-corrected chi connectivity index (χ1v) is 9.87. The summed E-state index contributed by atoms with van der Waals surface area (Å²) < 4.78 is 0. The van der Waals surface area contributed by atoms with Gasteiger partial charge in [-0.05, 0) is 33.7 Å². The number of ketones is 2. The average molecular weight is 386 g/mol. The van der Waals surface area contributed by atoms with Crippen LogP contribution in [0.5, 0.6) is 0 Å². The molecule has 0 unspecified atom stereocenters. The van der Waals surface area contributed by atoms with Crippen molar-refractivity contribution in [2.75, 3.05) is 0 Å². The van der Waals surface area contributed by atoms with Gasteiger partial charge < -0.3 is 0 Å². The van der Waals surface area contributed by atoms with Crippen molar-refractivity contribution < 1.29 is 9.59 Å². The van der Waals surface area contributed by atoms with Crippen LogP contribution in [-0.2, 0) is 0 Å². The Labute approximate surface area is 174 Å². The van der Waals surface area contributed by atoms with E-state index in [-0.39, 0.29) is 11.6 Å². The zero-order chi connectivity index (χ0) is 20.5. The quantitative estimate of drug-likeness (QED) is 0.262. The molecule has 0 aliphatic carbocycles. The number of carbonyl (C=O) groups excluding carboxylic acids is 2. The smallest absolute Gasteiger partial charge is 0.193 e. The molecule has 0 saturated carbocycles. The molecule has 0 N–H and O–H groups in total. The van der Waals surface area contributed by atoms with Gasteiger partial charge in [0.1, 0.15) is 0 Å². The topological polar surface area (TPSA) is 34.1 Å². The summed E-state index contributed by atoms with van der Waals surface area (Å²) in [5, 5.41) is 3.67. The Morgan fingerprint density at radius 1 is 0.433 bits per heavy atom. The lowest BCUT2D eigenvalue weighted by atomic mass is 9.92. The predicted molar refractivity (Wildman–Crippen MR) is 121 cm³/mol. The second kappa shape index (κ2) is 7.41. The summed E-state index contributed by atoms with van der Waals surface area (Å²) in [6, 6.07) is 34.1. The lowest BCUT2D eigenvalue weighted by Crippen LogP contribution is -2.03. The number of benzene rings is 5. The maximum atomic E-state index is 13.1. The van der Waals surface area contributed by atoms with Crippen LogP contribution < -0.4 is 0 Å². The van der Waals surface area contributed by atoms with Crippen LogP contribution in [-0.4, -0.2) is 11.6 Å². The summed E-state index contributed by atoms with van der Waals surface area (Å²) in [5.41, 5.74) is 2.66. The fraction of sp³-hybridized carbons (Fsp3) is 0. The highest BCUT2D eigenvalue weighted by Crippen LogP contribution is 2.30. The fourth-order valence-electron chi connectivity index (χ4n) is 3.94. The van der Waals surface area contributed by atoms with E-state index in [1.54, 1.807) is 0 Å². The van der Waals surface area contributed by atoms with E-state index in [2.05, 4.69) is 0 Å². The third-order valence-corrected chi connectivity index (χ3v) is 5.44. The molecule has 0 amide bonds. The molecular formula is C28H18O2. The third kappa shape index (κ3) is 3.09. The second-order valence-corrected chi connectivity index (χ2v) is 7.30. The second-order valence-electron chi connectivity index (χ2n) is 7.30. The first-order chi connectivity index (χ1) is 14.7. The molecule has 0 fully saturated rings. The molecule has 142 valence electrons. The van der Waals surface area contributed by atoms with Crippen LogP contribution in [0.25, 0.3) is 21.5 Å². The van der Waals surface area contributed by atoms with E-state index in [9.17, 15) is 9.59 Å². The first kappa shape index (κ1) is 18.0. The van der Waals surface area contributed by atoms with Gasteiger partial charge in [0.25, 0.3) is 0 Å². The minimum atomic E-state index is -0.00272. The molecular weight excluding hydrogens is 368 g/mol. The van der Waals surface area contributed by atoms with Crippen molar-refractivity contribution in [2.45, 2.75) is 0 Å². The Morgan fingerprint density at radius 3 is 1.23 bits per heavy atom. The van der Waals surface area contributed by atoms with Gasteiger partial charge in [0.15, 0.2) is 11.6 Å².